The van der Waals surface area contributed by atoms with Gasteiger partial charge in [0.25, 0.3) is 5.89 Å². The predicted molar refractivity (Wildman–Crippen MR) is 70.4 cm³/mol. The molecule has 0 aliphatic rings. The second-order valence-corrected chi connectivity index (χ2v) is 4.63. The van der Waals surface area contributed by atoms with Crippen molar-refractivity contribution in [3.05, 3.63) is 24.0 Å². The molecule has 2 aromatic rings. The minimum absolute atomic E-state index is 0.00981. The maximum atomic E-state index is 9.57. The molecule has 2 rings (SSSR count). The van der Waals surface area contributed by atoms with E-state index in [1.165, 1.54) is 6.07 Å². The van der Waals surface area contributed by atoms with Gasteiger partial charge in [-0.3, -0.25) is 0 Å². The summed E-state index contributed by atoms with van der Waals surface area (Å²) in [5.41, 5.74) is 6.47. The summed E-state index contributed by atoms with van der Waals surface area (Å²) in [6.45, 7) is 4.03. The second-order valence-electron chi connectivity index (χ2n) is 4.63. The van der Waals surface area contributed by atoms with Crippen molar-refractivity contribution < 1.29 is 14.4 Å². The van der Waals surface area contributed by atoms with E-state index in [9.17, 15) is 5.11 Å². The van der Waals surface area contributed by atoms with Crippen molar-refractivity contribution in [2.75, 3.05) is 12.8 Å². The molecule has 0 saturated carbocycles. The first-order chi connectivity index (χ1) is 9.02. The molecule has 1 aromatic carbocycles. The molecule has 0 saturated heterocycles. The smallest absolute Gasteiger partial charge is 0.258 e. The molecular formula is C13H17N3O3. The summed E-state index contributed by atoms with van der Waals surface area (Å²) in [5.74, 6) is 1.04. The number of benzene rings is 1. The lowest BCUT2D eigenvalue weighted by molar-refractivity contribution is 0.0556. The Hall–Kier alpha value is -2.08. The standard InChI is InChI=1S/C13H17N3O3/c1-7(2)11(18-3)12-15-13(19-16-12)8-4-5-9(14)10(17)6-8/h4-7,11,17H,14H2,1-3H3. The minimum atomic E-state index is -0.222. The lowest BCUT2D eigenvalue weighted by Crippen LogP contribution is -2.10. The Bertz CT molecular complexity index is 566. The Labute approximate surface area is 111 Å². The van der Waals surface area contributed by atoms with Crippen LogP contribution in [0.2, 0.25) is 0 Å². The van der Waals surface area contributed by atoms with Crippen LogP contribution in [0.3, 0.4) is 0 Å². The first-order valence-corrected chi connectivity index (χ1v) is 5.98. The lowest BCUT2D eigenvalue weighted by Gasteiger charge is -2.14. The molecule has 0 fully saturated rings. The van der Waals surface area contributed by atoms with Crippen LogP contribution in [0.5, 0.6) is 5.75 Å². The van der Waals surface area contributed by atoms with Gasteiger partial charge in [0.1, 0.15) is 11.9 Å². The maximum absolute atomic E-state index is 9.57. The van der Waals surface area contributed by atoms with Gasteiger partial charge < -0.3 is 20.1 Å². The van der Waals surface area contributed by atoms with Crippen LogP contribution < -0.4 is 5.73 Å². The number of hydrogen-bond acceptors (Lipinski definition) is 6. The van der Waals surface area contributed by atoms with Crippen molar-refractivity contribution >= 4 is 5.69 Å². The van der Waals surface area contributed by atoms with E-state index in [0.29, 0.717) is 23.0 Å². The summed E-state index contributed by atoms with van der Waals surface area (Å²) < 4.78 is 10.5. The fraction of sp³-hybridized carbons (Fsp3) is 0.385. The number of aromatic nitrogens is 2. The van der Waals surface area contributed by atoms with Crippen molar-refractivity contribution in [3.8, 4) is 17.2 Å². The molecule has 102 valence electrons. The Balaban J connectivity index is 2.32. The number of aromatic hydroxyl groups is 1. The molecular weight excluding hydrogens is 246 g/mol. The van der Waals surface area contributed by atoms with Crippen molar-refractivity contribution in [2.45, 2.75) is 20.0 Å². The largest absolute Gasteiger partial charge is 0.506 e. The summed E-state index contributed by atoms with van der Waals surface area (Å²) >= 11 is 0. The Morgan fingerprint density at radius 2 is 2.11 bits per heavy atom. The number of anilines is 1. The van der Waals surface area contributed by atoms with Crippen LogP contribution in [0.1, 0.15) is 25.8 Å². The molecule has 0 spiro atoms. The average molecular weight is 263 g/mol. The number of nitrogen functional groups attached to an aromatic ring is 1. The van der Waals surface area contributed by atoms with Gasteiger partial charge in [0.15, 0.2) is 0 Å². The van der Waals surface area contributed by atoms with Gasteiger partial charge >= 0.3 is 0 Å². The highest BCUT2D eigenvalue weighted by molar-refractivity contribution is 5.63. The maximum Gasteiger partial charge on any atom is 0.258 e. The molecule has 6 nitrogen and oxygen atoms in total. The fourth-order valence-electron chi connectivity index (χ4n) is 1.82. The Morgan fingerprint density at radius 1 is 1.37 bits per heavy atom. The number of phenolic OH excluding ortho intramolecular Hbond substituents is 1. The molecule has 3 N–H and O–H groups in total. The summed E-state index contributed by atoms with van der Waals surface area (Å²) in [6.07, 6.45) is -0.222. The zero-order valence-corrected chi connectivity index (χ0v) is 11.1. The Morgan fingerprint density at radius 3 is 2.68 bits per heavy atom. The van der Waals surface area contributed by atoms with E-state index in [-0.39, 0.29) is 17.8 Å². The number of ether oxygens (including phenoxy) is 1. The quantitative estimate of drug-likeness (QED) is 0.649. The third kappa shape index (κ3) is 2.68. The van der Waals surface area contributed by atoms with E-state index < -0.39 is 0 Å². The van der Waals surface area contributed by atoms with Crippen LogP contribution in [0.15, 0.2) is 22.7 Å². The number of hydrogen-bond donors (Lipinski definition) is 2. The van der Waals surface area contributed by atoms with Gasteiger partial charge in [-0.05, 0) is 24.1 Å². The highest BCUT2D eigenvalue weighted by Crippen LogP contribution is 2.29. The molecule has 1 aromatic heterocycles. The molecule has 0 aliphatic carbocycles. The lowest BCUT2D eigenvalue weighted by atomic mass is 10.1. The zero-order chi connectivity index (χ0) is 14.0. The Kier molecular flexibility index (Phi) is 3.71. The first-order valence-electron chi connectivity index (χ1n) is 5.98. The zero-order valence-electron chi connectivity index (χ0n) is 11.1. The van der Waals surface area contributed by atoms with E-state index in [0.717, 1.165) is 0 Å². The summed E-state index contributed by atoms with van der Waals surface area (Å²) in [5, 5.41) is 13.5. The van der Waals surface area contributed by atoms with E-state index >= 15 is 0 Å². The summed E-state index contributed by atoms with van der Waals surface area (Å²) in [6, 6.07) is 4.79. The summed E-state index contributed by atoms with van der Waals surface area (Å²) in [4.78, 5) is 4.29. The van der Waals surface area contributed by atoms with Gasteiger partial charge in [-0.1, -0.05) is 19.0 Å². The molecule has 1 atom stereocenters. The molecule has 1 unspecified atom stereocenters. The molecule has 0 radical (unpaired) electrons. The third-order valence-corrected chi connectivity index (χ3v) is 2.83. The topological polar surface area (TPSA) is 94.4 Å². The monoisotopic (exact) mass is 263 g/mol. The van der Waals surface area contributed by atoms with Gasteiger partial charge in [0.2, 0.25) is 5.82 Å². The van der Waals surface area contributed by atoms with Gasteiger partial charge in [0.05, 0.1) is 5.69 Å². The highest BCUT2D eigenvalue weighted by Gasteiger charge is 2.22. The number of methoxy groups -OCH3 is 1. The first kappa shape index (κ1) is 13.4. The van der Waals surface area contributed by atoms with Crippen LogP contribution >= 0.6 is 0 Å². The number of rotatable bonds is 4. The normalized spacial score (nSPS) is 12.8. The van der Waals surface area contributed by atoms with Crippen LogP contribution in [0, 0.1) is 5.92 Å². The number of phenols is 1. The molecule has 0 bridgehead atoms. The van der Waals surface area contributed by atoms with E-state index in [4.69, 9.17) is 15.0 Å². The average Bonchev–Trinajstić information content (AvgIpc) is 2.82. The van der Waals surface area contributed by atoms with Crippen molar-refractivity contribution in [1.82, 2.24) is 10.1 Å². The van der Waals surface area contributed by atoms with Crippen LogP contribution in [-0.2, 0) is 4.74 Å². The number of nitrogens with zero attached hydrogens (tertiary/aromatic N) is 2. The van der Waals surface area contributed by atoms with E-state index in [2.05, 4.69) is 10.1 Å². The predicted octanol–water partition coefficient (Wildman–Crippen LogP) is 2.37. The van der Waals surface area contributed by atoms with Gasteiger partial charge in [-0.15, -0.1) is 0 Å². The van der Waals surface area contributed by atoms with Crippen LogP contribution in [0.25, 0.3) is 11.5 Å². The molecule has 19 heavy (non-hydrogen) atoms. The SMILES string of the molecule is COC(c1noc(-c2ccc(N)c(O)c2)n1)C(C)C. The molecule has 0 amide bonds. The third-order valence-electron chi connectivity index (χ3n) is 2.83. The van der Waals surface area contributed by atoms with Gasteiger partial charge in [0, 0.05) is 12.7 Å². The molecule has 6 heteroatoms. The molecule has 0 aliphatic heterocycles. The van der Waals surface area contributed by atoms with Gasteiger partial charge in [-0.2, -0.15) is 4.98 Å². The fourth-order valence-corrected chi connectivity index (χ4v) is 1.82. The van der Waals surface area contributed by atoms with Crippen molar-refractivity contribution in [2.24, 2.45) is 5.92 Å². The van der Waals surface area contributed by atoms with E-state index in [1.54, 1.807) is 19.2 Å². The van der Waals surface area contributed by atoms with Crippen LogP contribution in [0.4, 0.5) is 5.69 Å². The highest BCUT2D eigenvalue weighted by atomic mass is 16.5. The van der Waals surface area contributed by atoms with Crippen molar-refractivity contribution in [1.29, 1.82) is 0 Å². The van der Waals surface area contributed by atoms with E-state index in [1.807, 2.05) is 13.8 Å². The summed E-state index contributed by atoms with van der Waals surface area (Å²) in [7, 11) is 1.61. The molecule has 1 heterocycles. The van der Waals surface area contributed by atoms with Crippen LogP contribution in [-0.4, -0.2) is 22.4 Å². The minimum Gasteiger partial charge on any atom is -0.506 e. The van der Waals surface area contributed by atoms with Gasteiger partial charge in [-0.25, -0.2) is 0 Å². The van der Waals surface area contributed by atoms with Crippen molar-refractivity contribution in [3.63, 3.8) is 0 Å². The number of nitrogens with two attached hydrogens (primary N) is 1. The second kappa shape index (κ2) is 5.27.